The summed E-state index contributed by atoms with van der Waals surface area (Å²) in [6, 6.07) is 0. The lowest BCUT2D eigenvalue weighted by molar-refractivity contribution is 0.396. The van der Waals surface area contributed by atoms with Gasteiger partial charge < -0.3 is 4.90 Å². The second-order valence-electron chi connectivity index (χ2n) is 5.18. The first-order valence-electron chi connectivity index (χ1n) is 6.99. The molecule has 0 bridgehead atoms. The van der Waals surface area contributed by atoms with Crippen molar-refractivity contribution in [3.8, 4) is 0 Å². The van der Waals surface area contributed by atoms with Gasteiger partial charge in [0.25, 0.3) is 0 Å². The molecule has 0 heterocycles. The third-order valence-corrected chi connectivity index (χ3v) is 3.39. The highest BCUT2D eigenvalue weighted by atomic mass is 32.1. The van der Waals surface area contributed by atoms with Crippen molar-refractivity contribution in [3.63, 3.8) is 0 Å². The third-order valence-electron chi connectivity index (χ3n) is 2.97. The van der Waals surface area contributed by atoms with Crippen LogP contribution in [0.15, 0.2) is 0 Å². The maximum atomic E-state index is 4.60. The SMILES string of the molecule is CCCCCCCCCCC(S)CN(C)C. The first-order valence-corrected chi connectivity index (χ1v) is 7.51. The first kappa shape index (κ1) is 16.3. The summed E-state index contributed by atoms with van der Waals surface area (Å²) in [5.74, 6) is 0. The molecule has 0 spiro atoms. The van der Waals surface area contributed by atoms with E-state index in [1.807, 2.05) is 0 Å². The molecule has 0 fully saturated rings. The van der Waals surface area contributed by atoms with Gasteiger partial charge in [0.2, 0.25) is 0 Å². The predicted octanol–water partition coefficient (Wildman–Crippen LogP) is 4.38. The van der Waals surface area contributed by atoms with E-state index in [0.29, 0.717) is 5.25 Å². The molecule has 0 radical (unpaired) electrons. The Morgan fingerprint density at radius 3 is 1.88 bits per heavy atom. The van der Waals surface area contributed by atoms with E-state index < -0.39 is 0 Å². The van der Waals surface area contributed by atoms with E-state index in [4.69, 9.17) is 0 Å². The predicted molar refractivity (Wildman–Crippen MR) is 78.6 cm³/mol. The highest BCUT2D eigenvalue weighted by Crippen LogP contribution is 2.12. The molecule has 0 aliphatic carbocycles. The topological polar surface area (TPSA) is 3.24 Å². The molecule has 0 saturated heterocycles. The number of nitrogens with zero attached hydrogens (tertiary/aromatic N) is 1. The molecule has 98 valence electrons. The van der Waals surface area contributed by atoms with Crippen LogP contribution in [0.3, 0.4) is 0 Å². The highest BCUT2D eigenvalue weighted by Gasteiger charge is 2.03. The largest absolute Gasteiger partial charge is 0.308 e. The van der Waals surface area contributed by atoms with Gasteiger partial charge in [0.15, 0.2) is 0 Å². The van der Waals surface area contributed by atoms with Gasteiger partial charge in [0.05, 0.1) is 0 Å². The van der Waals surface area contributed by atoms with Gasteiger partial charge in [-0.25, -0.2) is 0 Å². The fourth-order valence-corrected chi connectivity index (χ4v) is 2.54. The summed E-state index contributed by atoms with van der Waals surface area (Å²) in [7, 11) is 4.24. The molecule has 0 aromatic heterocycles. The second kappa shape index (κ2) is 11.8. The Kier molecular flexibility index (Phi) is 12.0. The molecule has 0 aliphatic rings. The van der Waals surface area contributed by atoms with Gasteiger partial charge >= 0.3 is 0 Å². The van der Waals surface area contributed by atoms with Crippen LogP contribution in [-0.2, 0) is 0 Å². The van der Waals surface area contributed by atoms with Crippen molar-refractivity contribution in [2.45, 2.75) is 70.0 Å². The molecule has 0 aromatic rings. The lowest BCUT2D eigenvalue weighted by atomic mass is 10.1. The van der Waals surface area contributed by atoms with Crippen LogP contribution in [0.2, 0.25) is 0 Å². The number of hydrogen-bond donors (Lipinski definition) is 1. The highest BCUT2D eigenvalue weighted by molar-refractivity contribution is 7.81. The molecule has 2 heteroatoms. The van der Waals surface area contributed by atoms with Crippen LogP contribution < -0.4 is 0 Å². The number of rotatable bonds is 11. The summed E-state index contributed by atoms with van der Waals surface area (Å²) in [5.41, 5.74) is 0. The molecule has 0 aromatic carbocycles. The molecule has 16 heavy (non-hydrogen) atoms. The monoisotopic (exact) mass is 245 g/mol. The summed E-state index contributed by atoms with van der Waals surface area (Å²) >= 11 is 4.60. The van der Waals surface area contributed by atoms with Crippen molar-refractivity contribution in [1.82, 2.24) is 4.90 Å². The number of hydrogen-bond acceptors (Lipinski definition) is 2. The van der Waals surface area contributed by atoms with E-state index >= 15 is 0 Å². The van der Waals surface area contributed by atoms with Gasteiger partial charge in [0, 0.05) is 11.8 Å². The van der Waals surface area contributed by atoms with Crippen molar-refractivity contribution in [2.24, 2.45) is 0 Å². The smallest absolute Gasteiger partial charge is 0.0144 e. The van der Waals surface area contributed by atoms with E-state index in [1.54, 1.807) is 0 Å². The van der Waals surface area contributed by atoms with Crippen LogP contribution in [0.1, 0.15) is 64.7 Å². The Morgan fingerprint density at radius 1 is 0.875 bits per heavy atom. The zero-order chi connectivity index (χ0) is 12.2. The summed E-state index contributed by atoms with van der Waals surface area (Å²) in [6.45, 7) is 3.39. The number of thiol groups is 1. The molecule has 0 aliphatic heterocycles. The first-order chi connectivity index (χ1) is 7.66. The van der Waals surface area contributed by atoms with Crippen molar-refractivity contribution < 1.29 is 0 Å². The van der Waals surface area contributed by atoms with Gasteiger partial charge in [0.1, 0.15) is 0 Å². The average Bonchev–Trinajstić information content (AvgIpc) is 2.21. The van der Waals surface area contributed by atoms with Gasteiger partial charge in [-0.05, 0) is 20.5 Å². The summed E-state index contributed by atoms with van der Waals surface area (Å²) < 4.78 is 0. The maximum absolute atomic E-state index is 4.60. The Morgan fingerprint density at radius 2 is 1.38 bits per heavy atom. The Hall–Kier alpha value is 0.310. The fraction of sp³-hybridized carbons (Fsp3) is 1.00. The summed E-state index contributed by atoms with van der Waals surface area (Å²) in [5, 5.41) is 0.565. The summed E-state index contributed by atoms with van der Waals surface area (Å²) in [4.78, 5) is 2.22. The molecular formula is C14H31NS. The zero-order valence-corrected chi connectivity index (χ0v) is 12.4. The molecule has 1 unspecified atom stereocenters. The Balaban J connectivity index is 3.08. The van der Waals surface area contributed by atoms with E-state index in [1.165, 1.54) is 57.8 Å². The zero-order valence-electron chi connectivity index (χ0n) is 11.5. The average molecular weight is 245 g/mol. The van der Waals surface area contributed by atoms with Crippen LogP contribution >= 0.6 is 12.6 Å². The van der Waals surface area contributed by atoms with Crippen molar-refractivity contribution in [1.29, 1.82) is 0 Å². The molecule has 0 rings (SSSR count). The molecule has 0 amide bonds. The van der Waals surface area contributed by atoms with Crippen LogP contribution in [0.25, 0.3) is 0 Å². The number of unbranched alkanes of at least 4 members (excludes halogenated alkanes) is 7. The maximum Gasteiger partial charge on any atom is 0.0144 e. The van der Waals surface area contributed by atoms with Crippen molar-refractivity contribution in [2.75, 3.05) is 20.6 Å². The van der Waals surface area contributed by atoms with Gasteiger partial charge in [-0.2, -0.15) is 12.6 Å². The minimum atomic E-state index is 0.565. The Labute approximate surface area is 108 Å². The van der Waals surface area contributed by atoms with Crippen LogP contribution in [-0.4, -0.2) is 30.8 Å². The van der Waals surface area contributed by atoms with Crippen LogP contribution in [0.4, 0.5) is 0 Å². The van der Waals surface area contributed by atoms with E-state index in [-0.39, 0.29) is 0 Å². The van der Waals surface area contributed by atoms with E-state index in [9.17, 15) is 0 Å². The molecule has 0 saturated carbocycles. The standard InChI is InChI=1S/C14H31NS/c1-4-5-6-7-8-9-10-11-12-14(16)13-15(2)3/h14,16H,4-13H2,1-3H3. The summed E-state index contributed by atoms with van der Waals surface area (Å²) in [6.07, 6.45) is 12.5. The van der Waals surface area contributed by atoms with Crippen LogP contribution in [0.5, 0.6) is 0 Å². The molecular weight excluding hydrogens is 214 g/mol. The minimum absolute atomic E-state index is 0.565. The molecule has 1 nitrogen and oxygen atoms in total. The normalized spacial score (nSPS) is 13.3. The van der Waals surface area contributed by atoms with Crippen molar-refractivity contribution in [3.05, 3.63) is 0 Å². The fourth-order valence-electron chi connectivity index (χ4n) is 2.03. The quantitative estimate of drug-likeness (QED) is 0.418. The van der Waals surface area contributed by atoms with E-state index in [0.717, 1.165) is 6.54 Å². The Bertz CT molecular complexity index is 137. The van der Waals surface area contributed by atoms with Crippen molar-refractivity contribution >= 4 is 12.6 Å². The lowest BCUT2D eigenvalue weighted by Gasteiger charge is -2.15. The van der Waals surface area contributed by atoms with E-state index in [2.05, 4.69) is 38.5 Å². The van der Waals surface area contributed by atoms with Gasteiger partial charge in [-0.15, -0.1) is 0 Å². The van der Waals surface area contributed by atoms with Gasteiger partial charge in [-0.1, -0.05) is 58.3 Å². The molecule has 0 N–H and O–H groups in total. The molecule has 1 atom stereocenters. The lowest BCUT2D eigenvalue weighted by Crippen LogP contribution is -2.21. The minimum Gasteiger partial charge on any atom is -0.308 e. The third kappa shape index (κ3) is 12.4. The van der Waals surface area contributed by atoms with Gasteiger partial charge in [-0.3, -0.25) is 0 Å². The second-order valence-corrected chi connectivity index (χ2v) is 5.91. The van der Waals surface area contributed by atoms with Crippen LogP contribution in [0, 0.1) is 0 Å².